The number of alkyl carbamates (subject to hydrolysis) is 1. The van der Waals surface area contributed by atoms with Crippen LogP contribution in [-0.2, 0) is 9.53 Å². The molecule has 0 saturated carbocycles. The third-order valence-corrected chi connectivity index (χ3v) is 1.29. The SMILES string of the molecule is C=CCOC(=O)NC(C)C(=O)C=C. The Kier molecular flexibility index (Phi) is 5.27. The highest BCUT2D eigenvalue weighted by Gasteiger charge is 2.12. The lowest BCUT2D eigenvalue weighted by atomic mass is 10.2. The van der Waals surface area contributed by atoms with Crippen molar-refractivity contribution < 1.29 is 14.3 Å². The average Bonchev–Trinajstić information content (AvgIpc) is 2.13. The molecule has 13 heavy (non-hydrogen) atoms. The van der Waals surface area contributed by atoms with Crippen molar-refractivity contribution in [3.05, 3.63) is 25.3 Å². The van der Waals surface area contributed by atoms with Crippen molar-refractivity contribution >= 4 is 11.9 Å². The Morgan fingerprint density at radius 2 is 2.15 bits per heavy atom. The molecule has 0 aliphatic rings. The molecule has 0 fully saturated rings. The predicted molar refractivity (Wildman–Crippen MR) is 49.3 cm³/mol. The van der Waals surface area contributed by atoms with Crippen molar-refractivity contribution in [3.8, 4) is 0 Å². The summed E-state index contributed by atoms with van der Waals surface area (Å²) >= 11 is 0. The molecule has 4 heteroatoms. The summed E-state index contributed by atoms with van der Waals surface area (Å²) in [5.74, 6) is -0.254. The minimum absolute atomic E-state index is 0.126. The largest absolute Gasteiger partial charge is 0.445 e. The summed E-state index contributed by atoms with van der Waals surface area (Å²) in [6, 6.07) is -0.602. The number of hydrogen-bond acceptors (Lipinski definition) is 3. The van der Waals surface area contributed by atoms with E-state index in [4.69, 9.17) is 0 Å². The number of hydrogen-bond donors (Lipinski definition) is 1. The summed E-state index contributed by atoms with van der Waals surface area (Å²) in [7, 11) is 0. The molecule has 0 radical (unpaired) electrons. The Hall–Kier alpha value is -1.58. The van der Waals surface area contributed by atoms with Crippen molar-refractivity contribution in [1.82, 2.24) is 5.32 Å². The summed E-state index contributed by atoms with van der Waals surface area (Å²) in [6.45, 7) is 8.35. The van der Waals surface area contributed by atoms with Gasteiger partial charge >= 0.3 is 6.09 Å². The van der Waals surface area contributed by atoms with Crippen molar-refractivity contribution in [2.24, 2.45) is 0 Å². The van der Waals surface area contributed by atoms with Crippen LogP contribution >= 0.6 is 0 Å². The van der Waals surface area contributed by atoms with Gasteiger partial charge in [0.25, 0.3) is 0 Å². The van der Waals surface area contributed by atoms with E-state index in [2.05, 4.69) is 23.2 Å². The zero-order valence-electron chi connectivity index (χ0n) is 7.58. The molecule has 1 amide bonds. The van der Waals surface area contributed by atoms with Gasteiger partial charge in [-0.3, -0.25) is 4.79 Å². The Morgan fingerprint density at radius 1 is 1.54 bits per heavy atom. The van der Waals surface area contributed by atoms with E-state index in [1.807, 2.05) is 0 Å². The molecule has 0 spiro atoms. The minimum atomic E-state index is -0.636. The second-order valence-electron chi connectivity index (χ2n) is 2.36. The van der Waals surface area contributed by atoms with Gasteiger partial charge < -0.3 is 10.1 Å². The number of ether oxygens (including phenoxy) is 1. The van der Waals surface area contributed by atoms with Crippen LogP contribution in [0.2, 0.25) is 0 Å². The van der Waals surface area contributed by atoms with Gasteiger partial charge in [0.2, 0.25) is 0 Å². The standard InChI is InChI=1S/C9H13NO3/c1-4-6-13-9(12)10-7(3)8(11)5-2/h4-5,7H,1-2,6H2,3H3,(H,10,12). The monoisotopic (exact) mass is 183 g/mol. The van der Waals surface area contributed by atoms with Gasteiger partial charge in [-0.25, -0.2) is 4.79 Å². The Balaban J connectivity index is 3.83. The van der Waals surface area contributed by atoms with Crippen LogP contribution in [0.15, 0.2) is 25.3 Å². The average molecular weight is 183 g/mol. The number of nitrogens with one attached hydrogen (secondary N) is 1. The van der Waals surface area contributed by atoms with Gasteiger partial charge in [0.15, 0.2) is 5.78 Å². The van der Waals surface area contributed by atoms with Crippen molar-refractivity contribution in [3.63, 3.8) is 0 Å². The first kappa shape index (κ1) is 11.4. The molecule has 0 aromatic rings. The number of rotatable bonds is 5. The second kappa shape index (κ2) is 5.99. The van der Waals surface area contributed by atoms with Crippen LogP contribution in [0.4, 0.5) is 4.79 Å². The summed E-state index contributed by atoms with van der Waals surface area (Å²) in [5, 5.41) is 2.34. The number of carbonyl (C=O) groups excluding carboxylic acids is 2. The van der Waals surface area contributed by atoms with Crippen molar-refractivity contribution in [2.45, 2.75) is 13.0 Å². The molecule has 0 saturated heterocycles. The van der Waals surface area contributed by atoms with E-state index in [0.29, 0.717) is 0 Å². The topological polar surface area (TPSA) is 55.4 Å². The van der Waals surface area contributed by atoms with Crippen LogP contribution in [0.25, 0.3) is 0 Å². The summed E-state index contributed by atoms with van der Waals surface area (Å²) in [4.78, 5) is 21.8. The second-order valence-corrected chi connectivity index (χ2v) is 2.36. The maximum Gasteiger partial charge on any atom is 0.408 e. The molecule has 0 aromatic carbocycles. The number of amides is 1. The first-order valence-corrected chi connectivity index (χ1v) is 3.82. The Morgan fingerprint density at radius 3 is 2.62 bits per heavy atom. The van der Waals surface area contributed by atoms with Crippen molar-refractivity contribution in [2.75, 3.05) is 6.61 Å². The first-order valence-electron chi connectivity index (χ1n) is 3.82. The fraction of sp³-hybridized carbons (Fsp3) is 0.333. The molecule has 0 rings (SSSR count). The number of carbonyl (C=O) groups is 2. The lowest BCUT2D eigenvalue weighted by Gasteiger charge is -2.09. The molecule has 0 aromatic heterocycles. The number of ketones is 1. The molecule has 72 valence electrons. The molecular weight excluding hydrogens is 170 g/mol. The predicted octanol–water partition coefficient (Wildman–Crippen LogP) is 1.04. The first-order chi connectivity index (χ1) is 6.11. The summed E-state index contributed by atoms with van der Waals surface area (Å²) in [5.41, 5.74) is 0. The van der Waals surface area contributed by atoms with Gasteiger partial charge in [-0.15, -0.1) is 0 Å². The molecule has 4 nitrogen and oxygen atoms in total. The third kappa shape index (κ3) is 4.79. The maximum atomic E-state index is 10.9. The zero-order valence-corrected chi connectivity index (χ0v) is 7.58. The van der Waals surface area contributed by atoms with E-state index in [1.54, 1.807) is 6.92 Å². The van der Waals surface area contributed by atoms with Gasteiger partial charge in [-0.1, -0.05) is 19.2 Å². The highest BCUT2D eigenvalue weighted by Crippen LogP contribution is 1.87. The van der Waals surface area contributed by atoms with Gasteiger partial charge in [0.1, 0.15) is 6.61 Å². The molecule has 1 unspecified atom stereocenters. The molecule has 0 aliphatic carbocycles. The highest BCUT2D eigenvalue weighted by atomic mass is 16.5. The van der Waals surface area contributed by atoms with Crippen LogP contribution in [0, 0.1) is 0 Å². The van der Waals surface area contributed by atoms with E-state index in [0.717, 1.165) is 6.08 Å². The fourth-order valence-corrected chi connectivity index (χ4v) is 0.601. The quantitative estimate of drug-likeness (QED) is 0.512. The normalized spacial score (nSPS) is 11.2. The Bertz CT molecular complexity index is 223. The third-order valence-electron chi connectivity index (χ3n) is 1.29. The molecule has 0 bridgehead atoms. The van der Waals surface area contributed by atoms with Crippen LogP contribution in [-0.4, -0.2) is 24.5 Å². The minimum Gasteiger partial charge on any atom is -0.445 e. The van der Waals surface area contributed by atoms with Crippen LogP contribution in [0.3, 0.4) is 0 Å². The van der Waals surface area contributed by atoms with Gasteiger partial charge in [0.05, 0.1) is 6.04 Å². The molecule has 1 atom stereocenters. The lowest BCUT2D eigenvalue weighted by molar-refractivity contribution is -0.116. The van der Waals surface area contributed by atoms with Gasteiger partial charge in [-0.05, 0) is 13.0 Å². The van der Waals surface area contributed by atoms with E-state index in [1.165, 1.54) is 6.08 Å². The van der Waals surface area contributed by atoms with Crippen molar-refractivity contribution in [1.29, 1.82) is 0 Å². The van der Waals surface area contributed by atoms with Gasteiger partial charge in [0, 0.05) is 0 Å². The van der Waals surface area contributed by atoms with Crippen LogP contribution < -0.4 is 5.32 Å². The molecule has 1 N–H and O–H groups in total. The van der Waals surface area contributed by atoms with E-state index < -0.39 is 12.1 Å². The van der Waals surface area contributed by atoms with E-state index >= 15 is 0 Å². The zero-order chi connectivity index (χ0) is 10.3. The van der Waals surface area contributed by atoms with Gasteiger partial charge in [-0.2, -0.15) is 0 Å². The summed E-state index contributed by atoms with van der Waals surface area (Å²) < 4.78 is 4.60. The summed E-state index contributed by atoms with van der Waals surface area (Å²) in [6.07, 6.45) is 1.96. The lowest BCUT2D eigenvalue weighted by Crippen LogP contribution is -2.38. The van der Waals surface area contributed by atoms with Crippen LogP contribution in [0.5, 0.6) is 0 Å². The fourth-order valence-electron chi connectivity index (χ4n) is 0.601. The van der Waals surface area contributed by atoms with E-state index in [9.17, 15) is 9.59 Å². The highest BCUT2D eigenvalue weighted by molar-refractivity contribution is 5.95. The van der Waals surface area contributed by atoms with Crippen LogP contribution in [0.1, 0.15) is 6.92 Å². The Labute approximate surface area is 77.3 Å². The smallest absolute Gasteiger partial charge is 0.408 e. The van der Waals surface area contributed by atoms with E-state index in [-0.39, 0.29) is 12.4 Å². The molecular formula is C9H13NO3. The molecule has 0 heterocycles. The maximum absolute atomic E-state index is 10.9. The molecule has 0 aliphatic heterocycles.